The number of carbonyl (C=O) groups is 1. The second kappa shape index (κ2) is 5.95. The molecule has 2 aliphatic rings. The van der Waals surface area contributed by atoms with Crippen molar-refractivity contribution in [3.8, 4) is 0 Å². The molecule has 0 bridgehead atoms. The van der Waals surface area contributed by atoms with Gasteiger partial charge in [0.2, 0.25) is 0 Å². The van der Waals surface area contributed by atoms with E-state index in [0.29, 0.717) is 6.42 Å². The second-order valence-corrected chi connectivity index (χ2v) is 6.07. The third kappa shape index (κ3) is 2.32. The van der Waals surface area contributed by atoms with Gasteiger partial charge in [0.25, 0.3) is 0 Å². The molecule has 0 spiro atoms. The molecule has 0 aromatic rings. The summed E-state index contributed by atoms with van der Waals surface area (Å²) in [5, 5.41) is 0. The summed E-state index contributed by atoms with van der Waals surface area (Å²) >= 11 is 0. The summed E-state index contributed by atoms with van der Waals surface area (Å²) in [7, 11) is 0. The quantitative estimate of drug-likeness (QED) is 0.402. The van der Waals surface area contributed by atoms with Crippen LogP contribution in [-0.2, 0) is 14.3 Å². The molecule has 0 N–H and O–H groups in total. The highest BCUT2D eigenvalue weighted by Crippen LogP contribution is 2.69. The molecule has 0 saturated heterocycles. The molecule has 0 aliphatic heterocycles. The maximum Gasteiger partial charge on any atom is 0.382 e. The molecule has 0 aromatic carbocycles. The Balaban J connectivity index is 2.33. The fourth-order valence-corrected chi connectivity index (χ4v) is 2.98. The van der Waals surface area contributed by atoms with Gasteiger partial charge in [0.05, 0.1) is 6.26 Å². The minimum Gasteiger partial charge on any atom is -0.499 e. The van der Waals surface area contributed by atoms with Crippen molar-refractivity contribution in [2.75, 3.05) is 0 Å². The summed E-state index contributed by atoms with van der Waals surface area (Å²) in [6.45, 7) is 3.23. The van der Waals surface area contributed by atoms with Gasteiger partial charge in [0.15, 0.2) is 0 Å². The molecule has 26 heavy (non-hydrogen) atoms. The van der Waals surface area contributed by atoms with E-state index in [1.54, 1.807) is 0 Å². The molecule has 2 atom stereocenters. The van der Waals surface area contributed by atoms with E-state index in [9.17, 15) is 44.3 Å². The van der Waals surface area contributed by atoms with Crippen LogP contribution in [0.3, 0.4) is 0 Å². The smallest absolute Gasteiger partial charge is 0.382 e. The lowest BCUT2D eigenvalue weighted by molar-refractivity contribution is -0.303. The van der Waals surface area contributed by atoms with Crippen LogP contribution in [0.4, 0.5) is 39.5 Å². The highest BCUT2D eigenvalue weighted by Gasteiger charge is 3.03. The summed E-state index contributed by atoms with van der Waals surface area (Å²) in [6.07, 6.45) is -0.907. The van der Waals surface area contributed by atoms with Crippen molar-refractivity contribution in [2.45, 2.75) is 67.3 Å². The Morgan fingerprint density at radius 2 is 1.31 bits per heavy atom. The van der Waals surface area contributed by atoms with Gasteiger partial charge in [-0.05, 0) is 19.3 Å². The van der Waals surface area contributed by atoms with Gasteiger partial charge in [-0.25, -0.2) is 9.18 Å². The number of carbonyl (C=O) groups excluding carboxylic acids is 1. The Labute approximate surface area is 141 Å². The van der Waals surface area contributed by atoms with E-state index in [0.717, 1.165) is 6.26 Å². The van der Waals surface area contributed by atoms with Gasteiger partial charge >= 0.3 is 35.3 Å². The van der Waals surface area contributed by atoms with Crippen molar-refractivity contribution in [1.29, 1.82) is 0 Å². The van der Waals surface area contributed by atoms with Crippen LogP contribution in [0.2, 0.25) is 0 Å². The fraction of sp³-hybridized carbons (Fsp3) is 0.786. The van der Waals surface area contributed by atoms with E-state index in [1.165, 1.54) is 0 Å². The normalized spacial score (nSPS) is 33.3. The molecule has 0 heterocycles. The van der Waals surface area contributed by atoms with Crippen molar-refractivity contribution < 1.29 is 53.8 Å². The predicted octanol–water partition coefficient (Wildman–Crippen LogP) is 4.26. The number of hydrogen-bond acceptors (Lipinski definition) is 3. The van der Waals surface area contributed by atoms with E-state index in [1.807, 2.05) is 0 Å². The van der Waals surface area contributed by atoms with Gasteiger partial charge in [0.1, 0.15) is 12.2 Å². The van der Waals surface area contributed by atoms with Crippen LogP contribution in [0, 0.1) is 0 Å². The summed E-state index contributed by atoms with van der Waals surface area (Å²) in [4.78, 5) is 11.6. The first-order valence-corrected chi connectivity index (χ1v) is 7.36. The first-order chi connectivity index (χ1) is 11.7. The topological polar surface area (TPSA) is 35.5 Å². The fourth-order valence-electron chi connectivity index (χ4n) is 2.98. The molecule has 2 rings (SSSR count). The highest BCUT2D eigenvalue weighted by molar-refractivity contribution is 5.84. The van der Waals surface area contributed by atoms with Gasteiger partial charge in [-0.1, -0.05) is 6.58 Å². The lowest BCUT2D eigenvalue weighted by Gasteiger charge is -2.33. The Morgan fingerprint density at radius 1 is 0.846 bits per heavy atom. The number of halogens is 9. The lowest BCUT2D eigenvalue weighted by atomic mass is 9.93. The molecule has 0 radical (unpaired) electrons. The molecular formula is C14H13F9O3. The van der Waals surface area contributed by atoms with Crippen molar-refractivity contribution in [3.05, 3.63) is 12.8 Å². The van der Waals surface area contributed by atoms with Crippen molar-refractivity contribution in [1.82, 2.24) is 0 Å². The lowest BCUT2D eigenvalue weighted by Crippen LogP contribution is -2.61. The Morgan fingerprint density at radius 3 is 1.77 bits per heavy atom. The average Bonchev–Trinajstić information content (AvgIpc) is 2.58. The van der Waals surface area contributed by atoms with Crippen LogP contribution in [0.15, 0.2) is 12.8 Å². The third-order valence-electron chi connectivity index (χ3n) is 4.47. The summed E-state index contributed by atoms with van der Waals surface area (Å²) in [6, 6.07) is 0. The first kappa shape index (κ1) is 20.7. The number of hydrogen-bond donors (Lipinski definition) is 0. The monoisotopic (exact) mass is 400 g/mol. The average molecular weight is 400 g/mol. The Bertz CT molecular complexity index is 564. The van der Waals surface area contributed by atoms with Crippen LogP contribution in [0.1, 0.15) is 25.7 Å². The van der Waals surface area contributed by atoms with E-state index in [4.69, 9.17) is 4.74 Å². The largest absolute Gasteiger partial charge is 0.499 e. The van der Waals surface area contributed by atoms with Crippen LogP contribution in [0.25, 0.3) is 0 Å². The van der Waals surface area contributed by atoms with Gasteiger partial charge < -0.3 is 9.47 Å². The minimum atomic E-state index is -6.81. The molecule has 0 amide bonds. The summed E-state index contributed by atoms with van der Waals surface area (Å²) < 4.78 is 130. The maximum atomic E-state index is 14.3. The van der Waals surface area contributed by atoms with E-state index in [-0.39, 0.29) is 19.3 Å². The zero-order valence-corrected chi connectivity index (χ0v) is 12.9. The minimum absolute atomic E-state index is 0.108. The van der Waals surface area contributed by atoms with Gasteiger partial charge in [-0.3, -0.25) is 0 Å². The molecule has 2 saturated carbocycles. The molecule has 12 heteroatoms. The van der Waals surface area contributed by atoms with Gasteiger partial charge in [-0.15, -0.1) is 0 Å². The number of esters is 1. The van der Waals surface area contributed by atoms with Gasteiger partial charge in [0, 0.05) is 6.42 Å². The van der Waals surface area contributed by atoms with Crippen molar-refractivity contribution >= 4 is 5.97 Å². The van der Waals surface area contributed by atoms with Gasteiger partial charge in [-0.2, -0.15) is 35.1 Å². The standard InChI is InChI=1S/C14H13F9O3/c1-2-25-7-4-3-5-8(6-7)26-9(24)10(15)11(16,17)13(20,21)14(22,23)12(10,18)19/h2,7-8H,1,3-6H2. The number of ether oxygens (including phenoxy) is 2. The number of alkyl halides is 9. The van der Waals surface area contributed by atoms with Crippen LogP contribution >= 0.6 is 0 Å². The first-order valence-electron chi connectivity index (χ1n) is 7.36. The second-order valence-electron chi connectivity index (χ2n) is 6.07. The predicted molar refractivity (Wildman–Crippen MR) is 67.0 cm³/mol. The van der Waals surface area contributed by atoms with Crippen LogP contribution < -0.4 is 0 Å². The zero-order valence-electron chi connectivity index (χ0n) is 12.9. The van der Waals surface area contributed by atoms with E-state index < -0.39 is 47.5 Å². The summed E-state index contributed by atoms with van der Waals surface area (Å²) in [5.74, 6) is -30.2. The third-order valence-corrected chi connectivity index (χ3v) is 4.47. The molecule has 2 unspecified atom stereocenters. The maximum absolute atomic E-state index is 14.3. The summed E-state index contributed by atoms with van der Waals surface area (Å²) in [5.41, 5.74) is -6.24. The Kier molecular flexibility index (Phi) is 4.73. The SMILES string of the molecule is C=COC1CCCC(OC(=O)C2(F)C(F)(F)C(F)(F)C(F)(F)C2(F)F)C1. The molecule has 0 aromatic heterocycles. The molecule has 150 valence electrons. The molecule has 3 nitrogen and oxygen atoms in total. The Hall–Kier alpha value is -1.62. The molecule has 2 fully saturated rings. The molecular weight excluding hydrogens is 387 g/mol. The van der Waals surface area contributed by atoms with Crippen molar-refractivity contribution in [2.24, 2.45) is 0 Å². The van der Waals surface area contributed by atoms with Crippen molar-refractivity contribution in [3.63, 3.8) is 0 Å². The van der Waals surface area contributed by atoms with E-state index in [2.05, 4.69) is 11.3 Å². The highest BCUT2D eigenvalue weighted by atomic mass is 19.4. The van der Waals surface area contributed by atoms with E-state index >= 15 is 0 Å². The zero-order chi connectivity index (χ0) is 20.2. The van der Waals surface area contributed by atoms with Crippen LogP contribution in [0.5, 0.6) is 0 Å². The number of rotatable bonds is 4. The van der Waals surface area contributed by atoms with Crippen LogP contribution in [-0.4, -0.2) is 47.5 Å². The molecule has 2 aliphatic carbocycles.